The van der Waals surface area contributed by atoms with Gasteiger partial charge in [-0.05, 0) is 49.7 Å². The van der Waals surface area contributed by atoms with Crippen LogP contribution in [0.1, 0.15) is 32.9 Å². The highest BCUT2D eigenvalue weighted by atomic mass is 19.1. The van der Waals surface area contributed by atoms with Gasteiger partial charge in [-0.2, -0.15) is 5.10 Å². The van der Waals surface area contributed by atoms with E-state index >= 15 is 0 Å². The SMILES string of the molecule is Cc1nn(C)c(C)c1CN(Cc1c[nH]c2ccc(F)cc12)C(=O)c1cccc2cccnc12. The average molecular weight is 442 g/mol. The van der Waals surface area contributed by atoms with Crippen LogP contribution in [0.25, 0.3) is 21.8 Å². The monoisotopic (exact) mass is 441 g/mol. The van der Waals surface area contributed by atoms with Gasteiger partial charge in [0, 0.05) is 60.1 Å². The summed E-state index contributed by atoms with van der Waals surface area (Å²) < 4.78 is 15.8. The maximum Gasteiger partial charge on any atom is 0.256 e. The quantitative estimate of drug-likeness (QED) is 0.415. The molecule has 1 N–H and O–H groups in total. The highest BCUT2D eigenvalue weighted by Gasteiger charge is 2.23. The number of pyridine rings is 1. The van der Waals surface area contributed by atoms with E-state index in [-0.39, 0.29) is 11.7 Å². The summed E-state index contributed by atoms with van der Waals surface area (Å²) in [7, 11) is 1.90. The van der Waals surface area contributed by atoms with E-state index in [0.29, 0.717) is 24.2 Å². The molecule has 3 heterocycles. The largest absolute Gasteiger partial charge is 0.361 e. The molecule has 5 rings (SSSR count). The predicted molar refractivity (Wildman–Crippen MR) is 126 cm³/mol. The number of fused-ring (bicyclic) bond motifs is 2. The number of aryl methyl sites for hydroxylation is 2. The molecular weight excluding hydrogens is 417 g/mol. The number of carbonyl (C=O) groups is 1. The van der Waals surface area contributed by atoms with Crippen molar-refractivity contribution in [1.82, 2.24) is 24.6 Å². The zero-order valence-corrected chi connectivity index (χ0v) is 18.8. The molecule has 0 atom stereocenters. The second-order valence-electron chi connectivity index (χ2n) is 8.32. The van der Waals surface area contributed by atoms with E-state index in [1.165, 1.54) is 12.1 Å². The van der Waals surface area contributed by atoms with Crippen LogP contribution >= 0.6 is 0 Å². The number of amides is 1. The fraction of sp³-hybridized carbons (Fsp3) is 0.192. The predicted octanol–water partition coefficient (Wildman–Crippen LogP) is 5.05. The van der Waals surface area contributed by atoms with E-state index in [1.54, 1.807) is 17.2 Å². The van der Waals surface area contributed by atoms with Crippen LogP contribution in [-0.4, -0.2) is 30.6 Å². The van der Waals surface area contributed by atoms with Crippen molar-refractivity contribution in [2.45, 2.75) is 26.9 Å². The van der Waals surface area contributed by atoms with Gasteiger partial charge >= 0.3 is 0 Å². The zero-order chi connectivity index (χ0) is 23.1. The third-order valence-electron chi connectivity index (χ3n) is 6.25. The Balaban J connectivity index is 1.60. The summed E-state index contributed by atoms with van der Waals surface area (Å²) in [5, 5.41) is 6.19. The molecule has 1 amide bonds. The molecule has 166 valence electrons. The summed E-state index contributed by atoms with van der Waals surface area (Å²) in [4.78, 5) is 23.3. The van der Waals surface area contributed by atoms with Gasteiger partial charge in [-0.1, -0.05) is 18.2 Å². The van der Waals surface area contributed by atoms with Crippen molar-refractivity contribution in [3.8, 4) is 0 Å². The van der Waals surface area contributed by atoms with E-state index in [1.807, 2.05) is 62.1 Å². The number of hydrogen-bond acceptors (Lipinski definition) is 3. The Morgan fingerprint density at radius 3 is 2.73 bits per heavy atom. The third-order valence-corrected chi connectivity index (χ3v) is 6.25. The summed E-state index contributed by atoms with van der Waals surface area (Å²) in [6, 6.07) is 14.1. The lowest BCUT2D eigenvalue weighted by molar-refractivity contribution is 0.0732. The fourth-order valence-corrected chi connectivity index (χ4v) is 4.37. The van der Waals surface area contributed by atoms with Crippen LogP contribution in [0.4, 0.5) is 4.39 Å². The molecule has 0 bridgehead atoms. The van der Waals surface area contributed by atoms with E-state index in [0.717, 1.165) is 38.8 Å². The maximum absolute atomic E-state index is 14.0. The molecule has 6 nitrogen and oxygen atoms in total. The number of H-pyrrole nitrogens is 1. The number of para-hydroxylation sites is 1. The number of benzene rings is 2. The van der Waals surface area contributed by atoms with Gasteiger partial charge in [0.05, 0.1) is 16.8 Å². The summed E-state index contributed by atoms with van der Waals surface area (Å²) >= 11 is 0. The van der Waals surface area contributed by atoms with E-state index in [2.05, 4.69) is 15.1 Å². The molecule has 0 spiro atoms. The van der Waals surface area contributed by atoms with E-state index in [9.17, 15) is 9.18 Å². The number of rotatable bonds is 5. The van der Waals surface area contributed by atoms with E-state index in [4.69, 9.17) is 0 Å². The van der Waals surface area contributed by atoms with Gasteiger partial charge < -0.3 is 9.88 Å². The summed E-state index contributed by atoms with van der Waals surface area (Å²) in [5.41, 5.74) is 5.78. The van der Waals surface area contributed by atoms with Crippen molar-refractivity contribution in [1.29, 1.82) is 0 Å². The Morgan fingerprint density at radius 1 is 1.12 bits per heavy atom. The number of hydrogen-bond donors (Lipinski definition) is 1. The maximum atomic E-state index is 14.0. The molecule has 33 heavy (non-hydrogen) atoms. The smallest absolute Gasteiger partial charge is 0.256 e. The van der Waals surface area contributed by atoms with Crippen LogP contribution in [0.15, 0.2) is 60.9 Å². The minimum atomic E-state index is -0.307. The average Bonchev–Trinajstić information content (AvgIpc) is 3.32. The molecule has 0 aliphatic carbocycles. The lowest BCUT2D eigenvalue weighted by Crippen LogP contribution is -2.30. The van der Waals surface area contributed by atoms with Gasteiger partial charge in [-0.25, -0.2) is 4.39 Å². The van der Waals surface area contributed by atoms with Gasteiger partial charge in [-0.15, -0.1) is 0 Å². The fourth-order valence-electron chi connectivity index (χ4n) is 4.37. The van der Waals surface area contributed by atoms with Crippen LogP contribution in [-0.2, 0) is 20.1 Å². The molecule has 2 aromatic carbocycles. The van der Waals surface area contributed by atoms with Crippen LogP contribution < -0.4 is 0 Å². The second kappa shape index (κ2) is 8.16. The molecule has 5 aromatic rings. The number of halogens is 1. The highest BCUT2D eigenvalue weighted by molar-refractivity contribution is 6.05. The summed E-state index contributed by atoms with van der Waals surface area (Å²) in [6.45, 7) is 4.65. The number of nitrogens with zero attached hydrogens (tertiary/aromatic N) is 4. The Morgan fingerprint density at radius 2 is 1.94 bits per heavy atom. The van der Waals surface area contributed by atoms with Gasteiger partial charge in [0.2, 0.25) is 0 Å². The van der Waals surface area contributed by atoms with Crippen molar-refractivity contribution >= 4 is 27.7 Å². The van der Waals surface area contributed by atoms with Crippen molar-refractivity contribution in [3.05, 3.63) is 94.8 Å². The lowest BCUT2D eigenvalue weighted by atomic mass is 10.1. The standard InChI is InChI=1S/C26H24FN5O/c1-16-23(17(2)31(3)30-16)15-32(14-19-13-29-24-10-9-20(27)12-22(19)24)26(33)21-8-4-6-18-7-5-11-28-25(18)21/h4-13,29H,14-15H2,1-3H3. The Bertz CT molecular complexity index is 1490. The molecule has 0 radical (unpaired) electrons. The second-order valence-corrected chi connectivity index (χ2v) is 8.32. The third kappa shape index (κ3) is 3.75. The molecule has 0 saturated carbocycles. The van der Waals surface area contributed by atoms with Crippen LogP contribution in [0.3, 0.4) is 0 Å². The first-order valence-corrected chi connectivity index (χ1v) is 10.8. The molecule has 7 heteroatoms. The molecule has 3 aromatic heterocycles. The van der Waals surface area contributed by atoms with Gasteiger partial charge in [0.25, 0.3) is 5.91 Å². The molecule has 0 fully saturated rings. The molecule has 0 aliphatic heterocycles. The minimum absolute atomic E-state index is 0.132. The van der Waals surface area contributed by atoms with Gasteiger partial charge in [0.15, 0.2) is 0 Å². The number of aromatic nitrogens is 4. The van der Waals surface area contributed by atoms with Crippen molar-refractivity contribution in [2.24, 2.45) is 7.05 Å². The highest BCUT2D eigenvalue weighted by Crippen LogP contribution is 2.26. The zero-order valence-electron chi connectivity index (χ0n) is 18.8. The lowest BCUT2D eigenvalue weighted by Gasteiger charge is -2.23. The van der Waals surface area contributed by atoms with Crippen LogP contribution in [0, 0.1) is 19.7 Å². The Labute approximate surface area is 190 Å². The van der Waals surface area contributed by atoms with Crippen molar-refractivity contribution in [2.75, 3.05) is 0 Å². The van der Waals surface area contributed by atoms with E-state index < -0.39 is 0 Å². The first-order chi connectivity index (χ1) is 15.9. The molecular formula is C26H24FN5O. The summed E-state index contributed by atoms with van der Waals surface area (Å²) in [5.74, 6) is -0.439. The van der Waals surface area contributed by atoms with Crippen molar-refractivity contribution in [3.63, 3.8) is 0 Å². The van der Waals surface area contributed by atoms with Gasteiger partial charge in [0.1, 0.15) is 5.82 Å². The first kappa shape index (κ1) is 20.9. The van der Waals surface area contributed by atoms with Crippen LogP contribution in [0.2, 0.25) is 0 Å². The minimum Gasteiger partial charge on any atom is -0.361 e. The van der Waals surface area contributed by atoms with Crippen LogP contribution in [0.5, 0.6) is 0 Å². The Hall–Kier alpha value is -4.00. The normalized spacial score (nSPS) is 11.4. The first-order valence-electron chi connectivity index (χ1n) is 10.8. The van der Waals surface area contributed by atoms with Crippen molar-refractivity contribution < 1.29 is 9.18 Å². The summed E-state index contributed by atoms with van der Waals surface area (Å²) in [6.07, 6.45) is 3.54. The van der Waals surface area contributed by atoms with Gasteiger partial charge in [-0.3, -0.25) is 14.5 Å². The molecule has 0 unspecified atom stereocenters. The topological polar surface area (TPSA) is 66.8 Å². The Kier molecular flexibility index (Phi) is 5.17. The molecule has 0 saturated heterocycles. The number of carbonyl (C=O) groups excluding carboxylic acids is 1. The molecule has 0 aliphatic rings. The number of nitrogens with one attached hydrogen (secondary N) is 1. The number of aromatic amines is 1.